The Morgan fingerprint density at radius 1 is 1.26 bits per heavy atom. The minimum absolute atomic E-state index is 0.248. The van der Waals surface area contributed by atoms with Crippen molar-refractivity contribution in [1.82, 2.24) is 4.90 Å². The van der Waals surface area contributed by atoms with Gasteiger partial charge in [0, 0.05) is 12.1 Å². The fourth-order valence-corrected chi connectivity index (χ4v) is 3.98. The van der Waals surface area contributed by atoms with Crippen molar-refractivity contribution in [3.63, 3.8) is 0 Å². The van der Waals surface area contributed by atoms with Crippen LogP contribution in [0.1, 0.15) is 49.4 Å². The topological polar surface area (TPSA) is 29.3 Å². The first-order valence-electron chi connectivity index (χ1n) is 7.61. The molecule has 0 radical (unpaired) electrons. The molecule has 1 atom stereocenters. The summed E-state index contributed by atoms with van der Waals surface area (Å²) in [6.45, 7) is 9.18. The molecule has 1 saturated heterocycles. The Morgan fingerprint density at radius 2 is 1.95 bits per heavy atom. The molecule has 1 aliphatic carbocycles. The van der Waals surface area contributed by atoms with Crippen molar-refractivity contribution in [2.45, 2.75) is 52.1 Å². The lowest BCUT2D eigenvalue weighted by molar-refractivity contribution is 0.0710. The number of rotatable bonds is 1. The lowest BCUT2D eigenvalue weighted by atomic mass is 9.73. The maximum absolute atomic E-state index is 6.61. The molecule has 104 valence electrons. The van der Waals surface area contributed by atoms with Crippen LogP contribution < -0.4 is 5.73 Å². The standard InChI is InChI=1S/C17H26N2/c1-12(2)19-8-6-17(7-9-19)11-14-10-13(3)4-5-15(14)16(17)18/h4-5,10,12,16H,6-9,11,18H2,1-3H3/t16-/m0/s1. The second-order valence-electron chi connectivity index (χ2n) is 6.85. The molecule has 0 saturated carbocycles. The molecule has 2 nitrogen and oxygen atoms in total. The van der Waals surface area contributed by atoms with Crippen molar-refractivity contribution in [3.05, 3.63) is 34.9 Å². The zero-order valence-electron chi connectivity index (χ0n) is 12.4. The summed E-state index contributed by atoms with van der Waals surface area (Å²) in [5.41, 5.74) is 11.2. The lowest BCUT2D eigenvalue weighted by Crippen LogP contribution is -2.46. The number of fused-ring (bicyclic) bond motifs is 1. The zero-order valence-corrected chi connectivity index (χ0v) is 12.4. The van der Waals surface area contributed by atoms with Crippen molar-refractivity contribution >= 4 is 0 Å². The van der Waals surface area contributed by atoms with E-state index in [2.05, 4.69) is 43.9 Å². The van der Waals surface area contributed by atoms with E-state index in [0.717, 1.165) is 0 Å². The van der Waals surface area contributed by atoms with E-state index in [1.165, 1.54) is 49.0 Å². The van der Waals surface area contributed by atoms with Crippen molar-refractivity contribution < 1.29 is 0 Å². The van der Waals surface area contributed by atoms with Crippen LogP contribution in [0.25, 0.3) is 0 Å². The molecule has 1 aromatic rings. The van der Waals surface area contributed by atoms with E-state index in [1.54, 1.807) is 0 Å². The van der Waals surface area contributed by atoms with Gasteiger partial charge in [0.25, 0.3) is 0 Å². The van der Waals surface area contributed by atoms with Crippen molar-refractivity contribution in [2.24, 2.45) is 11.1 Å². The molecule has 2 aliphatic rings. The summed E-state index contributed by atoms with van der Waals surface area (Å²) in [5, 5.41) is 0. The van der Waals surface area contributed by atoms with E-state index >= 15 is 0 Å². The van der Waals surface area contributed by atoms with Crippen molar-refractivity contribution in [3.8, 4) is 0 Å². The molecule has 1 fully saturated rings. The van der Waals surface area contributed by atoms with E-state index in [-0.39, 0.29) is 6.04 Å². The molecule has 3 rings (SSSR count). The highest BCUT2D eigenvalue weighted by Crippen LogP contribution is 2.50. The Labute approximate surface area is 117 Å². The summed E-state index contributed by atoms with van der Waals surface area (Å²) in [6.07, 6.45) is 3.69. The molecule has 0 bridgehead atoms. The molecule has 0 amide bonds. The summed E-state index contributed by atoms with van der Waals surface area (Å²) >= 11 is 0. The van der Waals surface area contributed by atoms with Gasteiger partial charge in [0.05, 0.1) is 0 Å². The van der Waals surface area contributed by atoms with Gasteiger partial charge < -0.3 is 10.6 Å². The summed E-state index contributed by atoms with van der Waals surface area (Å²) in [5.74, 6) is 0. The monoisotopic (exact) mass is 258 g/mol. The molecular weight excluding hydrogens is 232 g/mol. The van der Waals surface area contributed by atoms with Crippen LogP contribution in [-0.4, -0.2) is 24.0 Å². The molecule has 0 aromatic heterocycles. The summed E-state index contributed by atoms with van der Waals surface area (Å²) in [7, 11) is 0. The van der Waals surface area contributed by atoms with Crippen LogP contribution in [0.3, 0.4) is 0 Å². The Bertz CT molecular complexity index is 470. The van der Waals surface area contributed by atoms with Crippen LogP contribution in [0.4, 0.5) is 0 Å². The zero-order chi connectivity index (χ0) is 13.6. The third kappa shape index (κ3) is 2.11. The average Bonchev–Trinajstić information content (AvgIpc) is 2.63. The largest absolute Gasteiger partial charge is 0.323 e. The number of piperidine rings is 1. The van der Waals surface area contributed by atoms with Gasteiger partial charge in [0.1, 0.15) is 0 Å². The van der Waals surface area contributed by atoms with Crippen LogP contribution in [0.2, 0.25) is 0 Å². The molecular formula is C17H26N2. The lowest BCUT2D eigenvalue weighted by Gasteiger charge is -2.43. The molecule has 2 heteroatoms. The molecule has 1 aliphatic heterocycles. The van der Waals surface area contributed by atoms with Gasteiger partial charge >= 0.3 is 0 Å². The number of aryl methyl sites for hydroxylation is 1. The number of nitrogens with zero attached hydrogens (tertiary/aromatic N) is 1. The normalized spacial score (nSPS) is 26.1. The molecule has 1 spiro atoms. The average molecular weight is 258 g/mol. The quantitative estimate of drug-likeness (QED) is 0.839. The second kappa shape index (κ2) is 4.60. The summed E-state index contributed by atoms with van der Waals surface area (Å²) in [6, 6.07) is 7.73. The molecule has 1 aromatic carbocycles. The molecule has 0 unspecified atom stereocenters. The van der Waals surface area contributed by atoms with Gasteiger partial charge in [-0.3, -0.25) is 0 Å². The summed E-state index contributed by atoms with van der Waals surface area (Å²) in [4.78, 5) is 2.59. The van der Waals surface area contributed by atoms with E-state index in [0.29, 0.717) is 11.5 Å². The van der Waals surface area contributed by atoms with E-state index in [4.69, 9.17) is 5.73 Å². The van der Waals surface area contributed by atoms with Crippen LogP contribution in [0.15, 0.2) is 18.2 Å². The third-order valence-electron chi connectivity index (χ3n) is 5.36. The first kappa shape index (κ1) is 13.1. The van der Waals surface area contributed by atoms with E-state index in [9.17, 15) is 0 Å². The van der Waals surface area contributed by atoms with Gasteiger partial charge in [-0.25, -0.2) is 0 Å². The molecule has 1 heterocycles. The van der Waals surface area contributed by atoms with Gasteiger partial charge in [-0.05, 0) is 69.7 Å². The molecule has 2 N–H and O–H groups in total. The Balaban J connectivity index is 1.82. The van der Waals surface area contributed by atoms with E-state index < -0.39 is 0 Å². The number of hydrogen-bond donors (Lipinski definition) is 1. The van der Waals surface area contributed by atoms with E-state index in [1.807, 2.05) is 0 Å². The van der Waals surface area contributed by atoms with Crippen molar-refractivity contribution in [1.29, 1.82) is 0 Å². The first-order valence-corrected chi connectivity index (χ1v) is 7.61. The maximum Gasteiger partial charge on any atom is 0.0359 e. The Morgan fingerprint density at radius 3 is 2.58 bits per heavy atom. The smallest absolute Gasteiger partial charge is 0.0359 e. The van der Waals surface area contributed by atoms with Gasteiger partial charge in [0.2, 0.25) is 0 Å². The second-order valence-corrected chi connectivity index (χ2v) is 6.85. The summed E-state index contributed by atoms with van der Waals surface area (Å²) < 4.78 is 0. The maximum atomic E-state index is 6.61. The fourth-order valence-electron chi connectivity index (χ4n) is 3.98. The highest BCUT2D eigenvalue weighted by atomic mass is 15.2. The van der Waals surface area contributed by atoms with Crippen LogP contribution in [0, 0.1) is 12.3 Å². The SMILES string of the molecule is Cc1ccc2c(c1)CC1(CCN(C(C)C)CC1)[C@H]2N. The number of hydrogen-bond acceptors (Lipinski definition) is 2. The Kier molecular flexibility index (Phi) is 3.18. The van der Waals surface area contributed by atoms with Gasteiger partial charge in [-0.15, -0.1) is 0 Å². The predicted molar refractivity (Wildman–Crippen MR) is 80.2 cm³/mol. The van der Waals surface area contributed by atoms with Crippen LogP contribution in [-0.2, 0) is 6.42 Å². The van der Waals surface area contributed by atoms with Gasteiger partial charge in [-0.1, -0.05) is 23.8 Å². The predicted octanol–water partition coefficient (Wildman–Crippen LogP) is 3.04. The highest BCUT2D eigenvalue weighted by Gasteiger charge is 2.45. The number of likely N-dealkylation sites (tertiary alicyclic amines) is 1. The molecule has 19 heavy (non-hydrogen) atoms. The minimum atomic E-state index is 0.248. The highest BCUT2D eigenvalue weighted by molar-refractivity contribution is 5.40. The fraction of sp³-hybridized carbons (Fsp3) is 0.647. The number of benzene rings is 1. The number of nitrogens with two attached hydrogens (primary N) is 1. The minimum Gasteiger partial charge on any atom is -0.323 e. The van der Waals surface area contributed by atoms with Crippen molar-refractivity contribution in [2.75, 3.05) is 13.1 Å². The third-order valence-corrected chi connectivity index (χ3v) is 5.36. The Hall–Kier alpha value is -0.860. The van der Waals surface area contributed by atoms with Crippen LogP contribution >= 0.6 is 0 Å². The first-order chi connectivity index (χ1) is 9.02. The van der Waals surface area contributed by atoms with Gasteiger partial charge in [-0.2, -0.15) is 0 Å². The van der Waals surface area contributed by atoms with Gasteiger partial charge in [0.15, 0.2) is 0 Å². The van der Waals surface area contributed by atoms with Crippen LogP contribution in [0.5, 0.6) is 0 Å².